The van der Waals surface area contributed by atoms with Crippen LogP contribution in [0.15, 0.2) is 23.0 Å². The van der Waals surface area contributed by atoms with Crippen molar-refractivity contribution in [1.29, 1.82) is 5.26 Å². The van der Waals surface area contributed by atoms with Gasteiger partial charge in [0.1, 0.15) is 18.2 Å². The van der Waals surface area contributed by atoms with Gasteiger partial charge < -0.3 is 10.2 Å². The zero-order valence-corrected chi connectivity index (χ0v) is 15.9. The van der Waals surface area contributed by atoms with Crippen LogP contribution in [0.4, 0.5) is 11.4 Å². The van der Waals surface area contributed by atoms with Crippen LogP contribution in [0.5, 0.6) is 0 Å². The van der Waals surface area contributed by atoms with E-state index >= 15 is 0 Å². The average Bonchev–Trinajstić information content (AvgIpc) is 3.14. The second-order valence-electron chi connectivity index (χ2n) is 6.90. The number of aromatic nitrogens is 2. The summed E-state index contributed by atoms with van der Waals surface area (Å²) >= 11 is 0. The summed E-state index contributed by atoms with van der Waals surface area (Å²) in [5, 5.41) is 16.1. The molecule has 1 aromatic heterocycles. The first kappa shape index (κ1) is 18.6. The number of rotatable bonds is 4. The van der Waals surface area contributed by atoms with Crippen molar-refractivity contribution in [1.82, 2.24) is 9.78 Å². The van der Waals surface area contributed by atoms with Gasteiger partial charge in [0, 0.05) is 24.5 Å². The first-order valence-electron chi connectivity index (χ1n) is 9.04. The Bertz CT molecular complexity index is 981. The third-order valence-corrected chi connectivity index (χ3v) is 4.97. The second-order valence-corrected chi connectivity index (χ2v) is 6.90. The van der Waals surface area contributed by atoms with Crippen LogP contribution < -0.4 is 15.8 Å². The van der Waals surface area contributed by atoms with Gasteiger partial charge >= 0.3 is 0 Å². The standard InChI is InChI=1S/C20H23N5O2/c1-13-10-16(6-7-18(13)24-8-4-5-9-24)22-19(26)12-25-20(27)17(11-21)14(2)15(3)23-25/h6-7,10H,4-5,8-9,12H2,1-3H3,(H,22,26). The molecule has 0 spiro atoms. The highest BCUT2D eigenvalue weighted by atomic mass is 16.2. The number of benzene rings is 1. The lowest BCUT2D eigenvalue weighted by Gasteiger charge is -2.20. The molecule has 1 amide bonds. The molecule has 1 fully saturated rings. The van der Waals surface area contributed by atoms with Gasteiger partial charge in [-0.1, -0.05) is 0 Å². The van der Waals surface area contributed by atoms with E-state index in [1.54, 1.807) is 13.8 Å². The summed E-state index contributed by atoms with van der Waals surface area (Å²) in [6.45, 7) is 7.31. The monoisotopic (exact) mass is 365 g/mol. The van der Waals surface area contributed by atoms with Gasteiger partial charge in [0.15, 0.2) is 0 Å². The van der Waals surface area contributed by atoms with Crippen LogP contribution in [0, 0.1) is 32.1 Å². The molecular weight excluding hydrogens is 342 g/mol. The molecule has 0 unspecified atom stereocenters. The lowest BCUT2D eigenvalue weighted by molar-refractivity contribution is -0.117. The zero-order valence-electron chi connectivity index (χ0n) is 15.9. The Morgan fingerprint density at radius 1 is 1.26 bits per heavy atom. The van der Waals surface area contributed by atoms with Crippen LogP contribution in [0.1, 0.15) is 35.2 Å². The van der Waals surface area contributed by atoms with Crippen molar-refractivity contribution < 1.29 is 4.79 Å². The van der Waals surface area contributed by atoms with Gasteiger partial charge in [0.2, 0.25) is 5.91 Å². The number of carbonyl (C=O) groups excluding carboxylic acids is 1. The molecule has 0 bridgehead atoms. The minimum atomic E-state index is -0.545. The van der Waals surface area contributed by atoms with E-state index in [-0.39, 0.29) is 18.0 Å². The number of amides is 1. The maximum atomic E-state index is 12.4. The summed E-state index contributed by atoms with van der Waals surface area (Å²) in [4.78, 5) is 27.0. The Hall–Kier alpha value is -3.14. The van der Waals surface area contributed by atoms with E-state index in [2.05, 4.69) is 15.3 Å². The molecule has 0 aliphatic carbocycles. The molecule has 1 aliphatic rings. The van der Waals surface area contributed by atoms with Crippen LogP contribution in [0.2, 0.25) is 0 Å². The van der Waals surface area contributed by atoms with E-state index < -0.39 is 5.56 Å². The predicted octanol–water partition coefficient (Wildman–Crippen LogP) is 2.28. The number of carbonyl (C=O) groups is 1. The van der Waals surface area contributed by atoms with Crippen LogP contribution in [-0.4, -0.2) is 28.8 Å². The van der Waals surface area contributed by atoms with E-state index in [1.165, 1.54) is 18.5 Å². The highest BCUT2D eigenvalue weighted by molar-refractivity contribution is 5.91. The molecule has 0 saturated carbocycles. The predicted molar refractivity (Wildman–Crippen MR) is 104 cm³/mol. The van der Waals surface area contributed by atoms with Crippen molar-refractivity contribution in [3.63, 3.8) is 0 Å². The van der Waals surface area contributed by atoms with Crippen molar-refractivity contribution in [2.75, 3.05) is 23.3 Å². The third-order valence-electron chi connectivity index (χ3n) is 4.97. The molecule has 3 rings (SSSR count). The highest BCUT2D eigenvalue weighted by Crippen LogP contribution is 2.26. The topological polar surface area (TPSA) is 91.0 Å². The highest BCUT2D eigenvalue weighted by Gasteiger charge is 2.16. The molecule has 0 radical (unpaired) electrons. The van der Waals surface area contributed by atoms with Gasteiger partial charge in [-0.2, -0.15) is 10.4 Å². The maximum Gasteiger partial charge on any atom is 0.285 e. The molecule has 2 heterocycles. The molecule has 140 valence electrons. The molecule has 1 saturated heterocycles. The molecule has 27 heavy (non-hydrogen) atoms. The summed E-state index contributed by atoms with van der Waals surface area (Å²) in [6, 6.07) is 7.72. The number of hydrogen-bond donors (Lipinski definition) is 1. The average molecular weight is 365 g/mol. The van der Waals surface area contributed by atoms with Crippen LogP contribution in [0.3, 0.4) is 0 Å². The first-order valence-corrected chi connectivity index (χ1v) is 9.04. The first-order chi connectivity index (χ1) is 12.9. The largest absolute Gasteiger partial charge is 0.371 e. The number of aryl methyl sites for hydroxylation is 2. The van der Waals surface area contributed by atoms with Crippen LogP contribution >= 0.6 is 0 Å². The van der Waals surface area contributed by atoms with Crippen LogP contribution in [0.25, 0.3) is 0 Å². The van der Waals surface area contributed by atoms with Gasteiger partial charge in [-0.25, -0.2) is 4.68 Å². The van der Waals surface area contributed by atoms with E-state index in [4.69, 9.17) is 5.26 Å². The van der Waals surface area contributed by atoms with E-state index in [0.717, 1.165) is 23.3 Å². The van der Waals surface area contributed by atoms with E-state index in [1.807, 2.05) is 31.2 Å². The Labute approximate surface area is 158 Å². The lowest BCUT2D eigenvalue weighted by Crippen LogP contribution is -2.32. The molecule has 1 N–H and O–H groups in total. The number of hydrogen-bond acceptors (Lipinski definition) is 5. The Balaban J connectivity index is 1.75. The summed E-state index contributed by atoms with van der Waals surface area (Å²) in [6.07, 6.45) is 2.42. The van der Waals surface area contributed by atoms with E-state index in [9.17, 15) is 9.59 Å². The van der Waals surface area contributed by atoms with E-state index in [0.29, 0.717) is 16.9 Å². The summed E-state index contributed by atoms with van der Waals surface area (Å²) in [7, 11) is 0. The lowest BCUT2D eigenvalue weighted by atomic mass is 10.1. The van der Waals surface area contributed by atoms with Crippen LogP contribution in [-0.2, 0) is 11.3 Å². The molecule has 7 nitrogen and oxygen atoms in total. The Morgan fingerprint density at radius 2 is 1.96 bits per heavy atom. The molecular formula is C20H23N5O2. The van der Waals surface area contributed by atoms with Crippen molar-refractivity contribution >= 4 is 17.3 Å². The number of nitriles is 1. The second kappa shape index (κ2) is 7.62. The summed E-state index contributed by atoms with van der Waals surface area (Å²) in [5.41, 5.74) is 3.56. The fraction of sp³-hybridized carbons (Fsp3) is 0.400. The zero-order chi connectivity index (χ0) is 19.6. The van der Waals surface area contributed by atoms with Gasteiger partial charge in [-0.3, -0.25) is 9.59 Å². The van der Waals surface area contributed by atoms with Gasteiger partial charge in [-0.05, 0) is 62.9 Å². The van der Waals surface area contributed by atoms with Crippen molar-refractivity contribution in [2.45, 2.75) is 40.2 Å². The maximum absolute atomic E-state index is 12.4. The van der Waals surface area contributed by atoms with Gasteiger partial charge in [0.05, 0.1) is 5.69 Å². The van der Waals surface area contributed by atoms with Crippen molar-refractivity contribution in [3.05, 3.63) is 50.9 Å². The minimum absolute atomic E-state index is 0.0288. The number of nitrogens with one attached hydrogen (secondary N) is 1. The molecule has 0 atom stereocenters. The SMILES string of the molecule is Cc1cc(NC(=O)Cn2nc(C)c(C)c(C#N)c2=O)ccc1N1CCCC1. The summed E-state index contributed by atoms with van der Waals surface area (Å²) < 4.78 is 1.04. The smallest absolute Gasteiger partial charge is 0.285 e. The third kappa shape index (κ3) is 3.85. The molecule has 2 aromatic rings. The summed E-state index contributed by atoms with van der Waals surface area (Å²) in [5.74, 6) is -0.356. The minimum Gasteiger partial charge on any atom is -0.371 e. The Morgan fingerprint density at radius 3 is 2.59 bits per heavy atom. The molecule has 1 aliphatic heterocycles. The Kier molecular flexibility index (Phi) is 5.26. The fourth-order valence-electron chi connectivity index (χ4n) is 3.39. The van der Waals surface area contributed by atoms with Gasteiger partial charge in [0.25, 0.3) is 5.56 Å². The normalized spacial score (nSPS) is 13.5. The van der Waals surface area contributed by atoms with Crippen molar-refractivity contribution in [3.8, 4) is 6.07 Å². The fourth-order valence-corrected chi connectivity index (χ4v) is 3.39. The molecule has 7 heteroatoms. The molecule has 1 aromatic carbocycles. The quantitative estimate of drug-likeness (QED) is 0.897. The number of anilines is 2. The van der Waals surface area contributed by atoms with Crippen molar-refractivity contribution in [2.24, 2.45) is 0 Å². The number of nitrogens with zero attached hydrogens (tertiary/aromatic N) is 4. The van der Waals surface area contributed by atoms with Gasteiger partial charge in [-0.15, -0.1) is 0 Å².